The van der Waals surface area contributed by atoms with Crippen LogP contribution in [0, 0.1) is 17.5 Å². The third-order valence-electron chi connectivity index (χ3n) is 3.27. The Hall–Kier alpha value is -2.63. The Balaban J connectivity index is 2.02. The summed E-state index contributed by atoms with van der Waals surface area (Å²) in [5, 5.41) is 0. The number of benzene rings is 2. The van der Waals surface area contributed by atoms with Crippen LogP contribution < -0.4 is 4.90 Å². The number of Topliss-reactive ketones (excluding diaryl/α,β-unsaturated/α-hetero) is 1. The largest absolute Gasteiger partial charge is 0.300 e. The van der Waals surface area contributed by atoms with Crippen LogP contribution in [0.25, 0.3) is 0 Å². The highest BCUT2D eigenvalue weighted by atomic mass is 19.1. The minimum absolute atomic E-state index is 0.0617. The van der Waals surface area contributed by atoms with Crippen LogP contribution in [0.2, 0.25) is 0 Å². The Morgan fingerprint density at radius 3 is 2.33 bits per heavy atom. The van der Waals surface area contributed by atoms with E-state index in [1.54, 1.807) is 0 Å². The lowest BCUT2D eigenvalue weighted by Crippen LogP contribution is -2.29. The minimum Gasteiger partial charge on any atom is -0.300 e. The molecule has 0 fully saturated rings. The zero-order chi connectivity index (χ0) is 15.1. The maximum atomic E-state index is 13.6. The van der Waals surface area contributed by atoms with Crippen LogP contribution in [-0.4, -0.2) is 11.7 Å². The van der Waals surface area contributed by atoms with Crippen molar-refractivity contribution in [2.75, 3.05) is 4.90 Å². The molecular formula is C15H8F3NO2. The summed E-state index contributed by atoms with van der Waals surface area (Å²) in [6, 6.07) is 6.17. The molecule has 0 radical (unpaired) electrons. The van der Waals surface area contributed by atoms with Crippen LogP contribution in [0.4, 0.5) is 18.9 Å². The molecule has 2 aromatic carbocycles. The van der Waals surface area contributed by atoms with E-state index in [1.165, 1.54) is 6.07 Å². The molecule has 0 aromatic heterocycles. The number of rotatable bonds is 2. The monoisotopic (exact) mass is 291 g/mol. The molecule has 21 heavy (non-hydrogen) atoms. The molecule has 0 aliphatic carbocycles. The molecule has 0 bridgehead atoms. The summed E-state index contributed by atoms with van der Waals surface area (Å²) in [4.78, 5) is 24.7. The number of carbonyl (C=O) groups is 2. The zero-order valence-electron chi connectivity index (χ0n) is 10.6. The Morgan fingerprint density at radius 2 is 1.57 bits per heavy atom. The summed E-state index contributed by atoms with van der Waals surface area (Å²) in [7, 11) is 0. The van der Waals surface area contributed by atoms with Crippen molar-refractivity contribution in [3.8, 4) is 0 Å². The molecule has 0 unspecified atom stereocenters. The number of carbonyl (C=O) groups excluding carboxylic acids is 2. The summed E-state index contributed by atoms with van der Waals surface area (Å²) in [5.41, 5.74) is 0.0557. The highest BCUT2D eigenvalue weighted by molar-refractivity contribution is 6.52. The molecule has 0 N–H and O–H groups in total. The van der Waals surface area contributed by atoms with Crippen LogP contribution in [0.3, 0.4) is 0 Å². The van der Waals surface area contributed by atoms with Crippen molar-refractivity contribution >= 4 is 17.4 Å². The van der Waals surface area contributed by atoms with E-state index in [-0.39, 0.29) is 23.4 Å². The first-order chi connectivity index (χ1) is 9.97. The Bertz CT molecular complexity index is 774. The molecule has 2 aromatic rings. The lowest BCUT2D eigenvalue weighted by molar-refractivity contribution is -0.114. The van der Waals surface area contributed by atoms with Crippen molar-refractivity contribution < 1.29 is 22.8 Å². The summed E-state index contributed by atoms with van der Waals surface area (Å²) in [6.45, 7) is -0.299. The van der Waals surface area contributed by atoms with E-state index in [2.05, 4.69) is 0 Å². The normalized spacial score (nSPS) is 13.8. The standard InChI is InChI=1S/C15H8F3NO2/c16-9-1-3-12(18)8(5-9)7-19-13-4-2-10(17)6-11(13)14(20)15(19)21/h1-6H,7H2. The smallest absolute Gasteiger partial charge is 0.299 e. The van der Waals surface area contributed by atoms with Gasteiger partial charge >= 0.3 is 0 Å². The molecule has 6 heteroatoms. The quantitative estimate of drug-likeness (QED) is 0.798. The number of ketones is 1. The van der Waals surface area contributed by atoms with Gasteiger partial charge in [-0.05, 0) is 36.4 Å². The molecule has 0 atom stereocenters. The fourth-order valence-corrected chi connectivity index (χ4v) is 2.26. The lowest BCUT2D eigenvalue weighted by atomic mass is 10.1. The number of fused-ring (bicyclic) bond motifs is 1. The van der Waals surface area contributed by atoms with E-state index in [0.29, 0.717) is 0 Å². The summed E-state index contributed by atoms with van der Waals surface area (Å²) < 4.78 is 39.9. The fourth-order valence-electron chi connectivity index (χ4n) is 2.26. The molecule has 1 amide bonds. The Kier molecular flexibility index (Phi) is 3.01. The molecule has 3 rings (SSSR count). The molecule has 1 heterocycles. The van der Waals surface area contributed by atoms with E-state index < -0.39 is 29.1 Å². The highest BCUT2D eigenvalue weighted by Gasteiger charge is 2.36. The van der Waals surface area contributed by atoms with Crippen molar-refractivity contribution in [1.82, 2.24) is 0 Å². The average Bonchev–Trinajstić information content (AvgIpc) is 2.68. The van der Waals surface area contributed by atoms with Crippen molar-refractivity contribution in [3.05, 3.63) is 65.0 Å². The Morgan fingerprint density at radius 1 is 0.905 bits per heavy atom. The minimum atomic E-state index is -0.890. The topological polar surface area (TPSA) is 37.4 Å². The van der Waals surface area contributed by atoms with Gasteiger partial charge in [0.1, 0.15) is 17.5 Å². The van der Waals surface area contributed by atoms with E-state index in [4.69, 9.17) is 0 Å². The van der Waals surface area contributed by atoms with Gasteiger partial charge in [0.05, 0.1) is 17.8 Å². The van der Waals surface area contributed by atoms with Crippen LogP contribution in [-0.2, 0) is 11.3 Å². The summed E-state index contributed by atoms with van der Waals surface area (Å²) in [5.74, 6) is -3.73. The van der Waals surface area contributed by atoms with Crippen molar-refractivity contribution in [2.24, 2.45) is 0 Å². The van der Waals surface area contributed by atoms with Gasteiger partial charge in [-0.15, -0.1) is 0 Å². The van der Waals surface area contributed by atoms with E-state index >= 15 is 0 Å². The second-order valence-corrected chi connectivity index (χ2v) is 4.62. The third-order valence-corrected chi connectivity index (χ3v) is 3.27. The summed E-state index contributed by atoms with van der Waals surface area (Å²) >= 11 is 0. The molecular weight excluding hydrogens is 283 g/mol. The van der Waals surface area contributed by atoms with Gasteiger partial charge in [0.25, 0.3) is 11.7 Å². The van der Waals surface area contributed by atoms with Gasteiger partial charge in [-0.1, -0.05) is 0 Å². The molecule has 1 aliphatic heterocycles. The zero-order valence-corrected chi connectivity index (χ0v) is 10.6. The molecule has 1 aliphatic rings. The van der Waals surface area contributed by atoms with E-state index in [0.717, 1.165) is 35.2 Å². The van der Waals surface area contributed by atoms with Crippen LogP contribution in [0.1, 0.15) is 15.9 Å². The van der Waals surface area contributed by atoms with E-state index in [1.807, 2.05) is 0 Å². The van der Waals surface area contributed by atoms with Gasteiger partial charge < -0.3 is 4.90 Å². The van der Waals surface area contributed by atoms with Crippen LogP contribution in [0.5, 0.6) is 0 Å². The highest BCUT2D eigenvalue weighted by Crippen LogP contribution is 2.31. The van der Waals surface area contributed by atoms with Gasteiger partial charge in [0, 0.05) is 5.56 Å². The molecule has 0 saturated carbocycles. The first-order valence-corrected chi connectivity index (χ1v) is 6.07. The number of hydrogen-bond donors (Lipinski definition) is 0. The van der Waals surface area contributed by atoms with Crippen molar-refractivity contribution in [2.45, 2.75) is 6.54 Å². The number of hydrogen-bond acceptors (Lipinski definition) is 2. The number of halogens is 3. The Labute approximate surface area is 117 Å². The first kappa shape index (κ1) is 13.4. The maximum absolute atomic E-state index is 13.6. The number of anilines is 1. The fraction of sp³-hybridized carbons (Fsp3) is 0.0667. The molecule has 0 saturated heterocycles. The second kappa shape index (κ2) is 4.73. The molecule has 0 spiro atoms. The molecule has 106 valence electrons. The predicted molar refractivity (Wildman–Crippen MR) is 68.3 cm³/mol. The number of nitrogens with zero attached hydrogens (tertiary/aromatic N) is 1. The summed E-state index contributed by atoms with van der Waals surface area (Å²) in [6.07, 6.45) is 0. The average molecular weight is 291 g/mol. The second-order valence-electron chi connectivity index (χ2n) is 4.62. The van der Waals surface area contributed by atoms with Crippen molar-refractivity contribution in [3.63, 3.8) is 0 Å². The van der Waals surface area contributed by atoms with Gasteiger partial charge in [0.2, 0.25) is 0 Å². The third kappa shape index (κ3) is 2.18. The lowest BCUT2D eigenvalue weighted by Gasteiger charge is -2.17. The van der Waals surface area contributed by atoms with Crippen LogP contribution in [0.15, 0.2) is 36.4 Å². The molecule has 3 nitrogen and oxygen atoms in total. The van der Waals surface area contributed by atoms with Crippen LogP contribution >= 0.6 is 0 Å². The SMILES string of the molecule is O=C1C(=O)N(Cc2cc(F)ccc2F)c2ccc(F)cc21. The first-order valence-electron chi connectivity index (χ1n) is 6.07. The predicted octanol–water partition coefficient (Wildman–Crippen LogP) is 2.83. The number of amides is 1. The van der Waals surface area contributed by atoms with Gasteiger partial charge in [0.15, 0.2) is 0 Å². The van der Waals surface area contributed by atoms with Gasteiger partial charge in [-0.3, -0.25) is 9.59 Å². The van der Waals surface area contributed by atoms with Gasteiger partial charge in [-0.2, -0.15) is 0 Å². The van der Waals surface area contributed by atoms with E-state index in [9.17, 15) is 22.8 Å². The van der Waals surface area contributed by atoms with Crippen molar-refractivity contribution in [1.29, 1.82) is 0 Å². The maximum Gasteiger partial charge on any atom is 0.299 e. The van der Waals surface area contributed by atoms with Gasteiger partial charge in [-0.25, -0.2) is 13.2 Å².